The summed E-state index contributed by atoms with van der Waals surface area (Å²) in [7, 11) is 0. The fourth-order valence-electron chi connectivity index (χ4n) is 2.37. The van der Waals surface area contributed by atoms with Gasteiger partial charge in [0.1, 0.15) is 0 Å². The monoisotopic (exact) mass is 266 g/mol. The van der Waals surface area contributed by atoms with E-state index in [9.17, 15) is 0 Å². The van der Waals surface area contributed by atoms with Gasteiger partial charge in [0.05, 0.1) is 31.3 Å². The molecule has 1 atom stereocenters. The smallest absolute Gasteiger partial charge is 0.0949 e. The summed E-state index contributed by atoms with van der Waals surface area (Å²) >= 11 is 0. The number of ether oxygens (including phenoxy) is 1. The molecule has 5 nitrogen and oxygen atoms in total. The van der Waals surface area contributed by atoms with E-state index in [-0.39, 0.29) is 6.10 Å². The van der Waals surface area contributed by atoms with Crippen molar-refractivity contribution in [2.75, 3.05) is 26.2 Å². The summed E-state index contributed by atoms with van der Waals surface area (Å²) in [6.45, 7) is 12.3. The van der Waals surface area contributed by atoms with Crippen LogP contribution in [0.15, 0.2) is 12.5 Å². The van der Waals surface area contributed by atoms with Gasteiger partial charge in [0.25, 0.3) is 0 Å². The zero-order valence-electron chi connectivity index (χ0n) is 12.3. The highest BCUT2D eigenvalue weighted by Crippen LogP contribution is 2.09. The summed E-state index contributed by atoms with van der Waals surface area (Å²) in [5.41, 5.74) is 1.23. The van der Waals surface area contributed by atoms with Crippen LogP contribution in [0, 0.1) is 0 Å². The van der Waals surface area contributed by atoms with E-state index >= 15 is 0 Å². The van der Waals surface area contributed by atoms with Crippen LogP contribution in [0.4, 0.5) is 0 Å². The van der Waals surface area contributed by atoms with Crippen LogP contribution in [0.3, 0.4) is 0 Å². The third-order valence-corrected chi connectivity index (χ3v) is 3.56. The first-order valence-corrected chi connectivity index (χ1v) is 7.25. The Labute approximate surface area is 116 Å². The average Bonchev–Trinajstić information content (AvgIpc) is 2.84. The van der Waals surface area contributed by atoms with Crippen molar-refractivity contribution in [2.45, 2.75) is 46.0 Å². The molecule has 0 radical (unpaired) electrons. The van der Waals surface area contributed by atoms with Gasteiger partial charge in [0, 0.05) is 31.9 Å². The first-order chi connectivity index (χ1) is 9.19. The Morgan fingerprint density at radius 3 is 3.11 bits per heavy atom. The van der Waals surface area contributed by atoms with Crippen LogP contribution in [0.25, 0.3) is 0 Å². The van der Waals surface area contributed by atoms with E-state index in [0.717, 1.165) is 39.3 Å². The molecule has 0 saturated carbocycles. The van der Waals surface area contributed by atoms with Crippen LogP contribution in [0.1, 0.15) is 26.5 Å². The lowest BCUT2D eigenvalue weighted by Crippen LogP contribution is -2.44. The molecule has 1 saturated heterocycles. The van der Waals surface area contributed by atoms with E-state index in [1.807, 2.05) is 12.5 Å². The lowest BCUT2D eigenvalue weighted by Gasteiger charge is -2.32. The van der Waals surface area contributed by atoms with Gasteiger partial charge in [0.2, 0.25) is 0 Å². The Morgan fingerprint density at radius 2 is 2.37 bits per heavy atom. The highest BCUT2D eigenvalue weighted by atomic mass is 16.5. The van der Waals surface area contributed by atoms with Gasteiger partial charge in [-0.3, -0.25) is 4.90 Å². The van der Waals surface area contributed by atoms with Crippen LogP contribution in [-0.4, -0.2) is 52.8 Å². The summed E-state index contributed by atoms with van der Waals surface area (Å²) in [6.07, 6.45) is 4.13. The van der Waals surface area contributed by atoms with E-state index in [0.29, 0.717) is 6.04 Å². The lowest BCUT2D eigenvalue weighted by molar-refractivity contribution is -0.0346. The minimum atomic E-state index is 0.278. The summed E-state index contributed by atoms with van der Waals surface area (Å²) in [5, 5.41) is 3.43. The van der Waals surface area contributed by atoms with Crippen LogP contribution in [-0.2, 0) is 17.8 Å². The highest BCUT2D eigenvalue weighted by molar-refractivity contribution is 4.98. The van der Waals surface area contributed by atoms with Gasteiger partial charge in [-0.2, -0.15) is 0 Å². The second-order valence-electron chi connectivity index (χ2n) is 5.46. The Morgan fingerprint density at radius 1 is 1.53 bits per heavy atom. The van der Waals surface area contributed by atoms with Crippen molar-refractivity contribution in [3.63, 3.8) is 0 Å². The van der Waals surface area contributed by atoms with E-state index in [4.69, 9.17) is 4.74 Å². The van der Waals surface area contributed by atoms with E-state index in [2.05, 4.69) is 40.5 Å². The Bertz CT molecular complexity index is 377. The van der Waals surface area contributed by atoms with Crippen molar-refractivity contribution >= 4 is 0 Å². The quantitative estimate of drug-likeness (QED) is 0.837. The molecule has 1 unspecified atom stereocenters. The van der Waals surface area contributed by atoms with Crippen LogP contribution in [0.2, 0.25) is 0 Å². The number of hydrogen-bond acceptors (Lipinski definition) is 4. The Balaban J connectivity index is 1.89. The largest absolute Gasteiger partial charge is 0.374 e. The molecule has 0 bridgehead atoms. The van der Waals surface area contributed by atoms with Crippen molar-refractivity contribution in [1.82, 2.24) is 19.8 Å². The molecule has 1 aromatic rings. The maximum atomic E-state index is 5.85. The second kappa shape index (κ2) is 7.03. The van der Waals surface area contributed by atoms with Crippen LogP contribution >= 0.6 is 0 Å². The molecule has 1 aliphatic heterocycles. The van der Waals surface area contributed by atoms with Gasteiger partial charge in [-0.05, 0) is 6.54 Å². The topological polar surface area (TPSA) is 42.3 Å². The van der Waals surface area contributed by atoms with Crippen LogP contribution < -0.4 is 5.32 Å². The zero-order chi connectivity index (χ0) is 13.7. The van der Waals surface area contributed by atoms with E-state index in [1.165, 1.54) is 5.69 Å². The summed E-state index contributed by atoms with van der Waals surface area (Å²) in [6, 6.07) is 0.491. The molecule has 108 valence electrons. The minimum Gasteiger partial charge on any atom is -0.374 e. The first kappa shape index (κ1) is 14.5. The number of aromatic nitrogens is 2. The Kier molecular flexibility index (Phi) is 5.36. The summed E-state index contributed by atoms with van der Waals surface area (Å²) in [5.74, 6) is 0. The van der Waals surface area contributed by atoms with Gasteiger partial charge in [-0.1, -0.05) is 20.8 Å². The molecule has 1 N–H and O–H groups in total. The average molecular weight is 266 g/mol. The molecule has 0 aliphatic carbocycles. The summed E-state index contributed by atoms with van der Waals surface area (Å²) < 4.78 is 8.06. The summed E-state index contributed by atoms with van der Waals surface area (Å²) in [4.78, 5) is 6.70. The Hall–Kier alpha value is -0.910. The zero-order valence-corrected chi connectivity index (χ0v) is 12.3. The fourth-order valence-corrected chi connectivity index (χ4v) is 2.37. The van der Waals surface area contributed by atoms with E-state index in [1.54, 1.807) is 0 Å². The van der Waals surface area contributed by atoms with Gasteiger partial charge >= 0.3 is 0 Å². The third kappa shape index (κ3) is 4.30. The maximum absolute atomic E-state index is 5.85. The predicted octanol–water partition coefficient (Wildman–Crippen LogP) is 1.10. The van der Waals surface area contributed by atoms with Crippen LogP contribution in [0.5, 0.6) is 0 Å². The van der Waals surface area contributed by atoms with Crippen molar-refractivity contribution in [1.29, 1.82) is 0 Å². The van der Waals surface area contributed by atoms with Gasteiger partial charge < -0.3 is 14.6 Å². The molecular formula is C14H26N4O. The van der Waals surface area contributed by atoms with Crippen molar-refractivity contribution in [3.8, 4) is 0 Å². The molecule has 1 aliphatic rings. The molecule has 5 heteroatoms. The number of morpholine rings is 1. The standard InChI is InChI=1S/C14H26N4O/c1-4-17-5-6-19-14(9-17)10-18-11-15-7-13(18)8-16-12(2)3/h7,11-12,14,16H,4-6,8-10H2,1-3H3. The minimum absolute atomic E-state index is 0.278. The van der Waals surface area contributed by atoms with E-state index < -0.39 is 0 Å². The van der Waals surface area contributed by atoms with Crippen molar-refractivity contribution in [3.05, 3.63) is 18.2 Å². The molecule has 2 heterocycles. The maximum Gasteiger partial charge on any atom is 0.0949 e. The predicted molar refractivity (Wildman–Crippen MR) is 76.1 cm³/mol. The number of nitrogens with zero attached hydrogens (tertiary/aromatic N) is 3. The second-order valence-corrected chi connectivity index (χ2v) is 5.46. The molecule has 19 heavy (non-hydrogen) atoms. The van der Waals surface area contributed by atoms with Gasteiger partial charge in [0.15, 0.2) is 0 Å². The van der Waals surface area contributed by atoms with Crippen molar-refractivity contribution in [2.24, 2.45) is 0 Å². The number of nitrogens with one attached hydrogen (secondary N) is 1. The molecule has 0 amide bonds. The normalized spacial score (nSPS) is 21.2. The van der Waals surface area contributed by atoms with Gasteiger partial charge in [-0.15, -0.1) is 0 Å². The third-order valence-electron chi connectivity index (χ3n) is 3.56. The highest BCUT2D eigenvalue weighted by Gasteiger charge is 2.20. The molecule has 0 spiro atoms. The number of likely N-dealkylation sites (N-methyl/N-ethyl adjacent to an activating group) is 1. The number of imidazole rings is 1. The SMILES string of the molecule is CCN1CCOC(Cn2cncc2CNC(C)C)C1. The first-order valence-electron chi connectivity index (χ1n) is 7.25. The molecule has 2 rings (SSSR count). The molecule has 0 aromatic carbocycles. The molecular weight excluding hydrogens is 240 g/mol. The van der Waals surface area contributed by atoms with Crippen molar-refractivity contribution < 1.29 is 4.74 Å². The number of rotatable bonds is 6. The number of hydrogen-bond donors (Lipinski definition) is 1. The lowest BCUT2D eigenvalue weighted by atomic mass is 10.2. The molecule has 1 fully saturated rings. The molecule has 1 aromatic heterocycles. The van der Waals surface area contributed by atoms with Gasteiger partial charge in [-0.25, -0.2) is 4.98 Å². The fraction of sp³-hybridized carbons (Fsp3) is 0.786.